The minimum absolute atomic E-state index is 0.0455. The molecule has 1 atom stereocenters. The van der Waals surface area contributed by atoms with Gasteiger partial charge in [0.2, 0.25) is 0 Å². The van der Waals surface area contributed by atoms with Crippen LogP contribution in [0.1, 0.15) is 45.2 Å². The maximum absolute atomic E-state index is 6.53. The van der Waals surface area contributed by atoms with Crippen LogP contribution in [0, 0.1) is 5.41 Å². The van der Waals surface area contributed by atoms with Gasteiger partial charge in [0, 0.05) is 25.2 Å². The largest absolute Gasteiger partial charge is 0.325 e. The summed E-state index contributed by atoms with van der Waals surface area (Å²) in [7, 11) is 1.96. The molecule has 1 unspecified atom stereocenters. The number of aryl methyl sites for hydroxylation is 1. The maximum atomic E-state index is 6.53. The molecule has 1 aliphatic carbocycles. The van der Waals surface area contributed by atoms with Crippen molar-refractivity contribution in [2.75, 3.05) is 0 Å². The van der Waals surface area contributed by atoms with Crippen molar-refractivity contribution in [2.24, 2.45) is 18.2 Å². The van der Waals surface area contributed by atoms with Crippen molar-refractivity contribution in [3.8, 4) is 0 Å². The summed E-state index contributed by atoms with van der Waals surface area (Å²) in [6, 6.07) is 2.08. The lowest BCUT2D eigenvalue weighted by Crippen LogP contribution is -2.48. The van der Waals surface area contributed by atoms with Crippen LogP contribution in [0.15, 0.2) is 12.3 Å². The third-order valence-electron chi connectivity index (χ3n) is 3.66. The minimum atomic E-state index is -0.0455. The molecule has 0 aliphatic heterocycles. The Hall–Kier alpha value is -0.830. The average molecular weight is 221 g/mol. The van der Waals surface area contributed by atoms with Gasteiger partial charge in [0.05, 0.1) is 5.69 Å². The van der Waals surface area contributed by atoms with E-state index < -0.39 is 0 Å². The fraction of sp³-hybridized carbons (Fsp3) is 0.769. The minimum Gasteiger partial charge on any atom is -0.325 e. The highest BCUT2D eigenvalue weighted by Gasteiger charge is 2.37. The first-order valence-electron chi connectivity index (χ1n) is 6.16. The zero-order valence-electron chi connectivity index (χ0n) is 10.7. The van der Waals surface area contributed by atoms with Gasteiger partial charge in [0.15, 0.2) is 0 Å². The summed E-state index contributed by atoms with van der Waals surface area (Å²) in [4.78, 5) is 0. The van der Waals surface area contributed by atoms with Crippen LogP contribution in [0.2, 0.25) is 0 Å². The first-order valence-corrected chi connectivity index (χ1v) is 6.16. The summed E-state index contributed by atoms with van der Waals surface area (Å²) in [5.74, 6) is 0. The topological polar surface area (TPSA) is 43.8 Å². The number of rotatable bonds is 2. The quantitative estimate of drug-likeness (QED) is 0.832. The maximum Gasteiger partial charge on any atom is 0.0642 e. The number of nitrogens with zero attached hydrogens (tertiary/aromatic N) is 2. The van der Waals surface area contributed by atoms with Gasteiger partial charge in [-0.1, -0.05) is 20.3 Å². The van der Waals surface area contributed by atoms with Crippen LogP contribution in [-0.4, -0.2) is 15.3 Å². The smallest absolute Gasteiger partial charge is 0.0642 e. The van der Waals surface area contributed by atoms with Gasteiger partial charge in [-0.05, 0) is 30.7 Å². The number of hydrogen-bond acceptors (Lipinski definition) is 2. The van der Waals surface area contributed by atoms with E-state index in [-0.39, 0.29) is 5.54 Å². The van der Waals surface area contributed by atoms with Crippen molar-refractivity contribution in [2.45, 2.75) is 51.5 Å². The van der Waals surface area contributed by atoms with Gasteiger partial charge in [0.1, 0.15) is 0 Å². The Bertz CT molecular complexity index is 367. The molecule has 2 rings (SSSR count). The third-order valence-corrected chi connectivity index (χ3v) is 3.66. The van der Waals surface area contributed by atoms with E-state index in [1.54, 1.807) is 0 Å². The van der Waals surface area contributed by atoms with Crippen molar-refractivity contribution >= 4 is 0 Å². The van der Waals surface area contributed by atoms with Crippen LogP contribution in [0.25, 0.3) is 0 Å². The molecule has 16 heavy (non-hydrogen) atoms. The second-order valence-electron chi connectivity index (χ2n) is 6.21. The van der Waals surface area contributed by atoms with Gasteiger partial charge >= 0.3 is 0 Å². The molecule has 1 saturated carbocycles. The average Bonchev–Trinajstić information content (AvgIpc) is 2.47. The van der Waals surface area contributed by atoms with Crippen LogP contribution in [0.5, 0.6) is 0 Å². The van der Waals surface area contributed by atoms with Gasteiger partial charge in [-0.3, -0.25) is 4.68 Å². The Labute approximate surface area is 98.0 Å². The lowest BCUT2D eigenvalue weighted by atomic mass is 9.67. The standard InChI is InChI=1S/C13H23N3/c1-12(2)6-4-7-13(14,10-12)9-11-5-8-16(3)15-11/h5,8H,4,6-7,9-10,14H2,1-3H3. The summed E-state index contributed by atoms with van der Waals surface area (Å²) in [5, 5.41) is 4.43. The number of aromatic nitrogens is 2. The Balaban J connectivity index is 2.07. The van der Waals surface area contributed by atoms with E-state index >= 15 is 0 Å². The van der Waals surface area contributed by atoms with Gasteiger partial charge in [-0.2, -0.15) is 5.10 Å². The van der Waals surface area contributed by atoms with Crippen LogP contribution in [0.3, 0.4) is 0 Å². The molecule has 2 N–H and O–H groups in total. The predicted octanol–water partition coefficient (Wildman–Crippen LogP) is 2.26. The first-order chi connectivity index (χ1) is 7.39. The van der Waals surface area contributed by atoms with Crippen LogP contribution in [-0.2, 0) is 13.5 Å². The van der Waals surface area contributed by atoms with E-state index in [4.69, 9.17) is 5.73 Å². The molecule has 1 aromatic rings. The van der Waals surface area contributed by atoms with Gasteiger partial charge in [-0.25, -0.2) is 0 Å². The Morgan fingerprint density at radius 3 is 2.75 bits per heavy atom. The predicted molar refractivity (Wildman–Crippen MR) is 66.1 cm³/mol. The van der Waals surface area contributed by atoms with Crippen LogP contribution in [0.4, 0.5) is 0 Å². The Morgan fingerprint density at radius 1 is 1.44 bits per heavy atom. The second-order valence-corrected chi connectivity index (χ2v) is 6.21. The van der Waals surface area contributed by atoms with Gasteiger partial charge < -0.3 is 5.73 Å². The third kappa shape index (κ3) is 2.64. The highest BCUT2D eigenvalue weighted by Crippen LogP contribution is 2.40. The molecule has 0 radical (unpaired) electrons. The first kappa shape index (κ1) is 11.6. The normalized spacial score (nSPS) is 29.2. The zero-order valence-corrected chi connectivity index (χ0v) is 10.7. The summed E-state index contributed by atoms with van der Waals surface area (Å²) < 4.78 is 1.85. The van der Waals surface area contributed by atoms with Crippen molar-refractivity contribution in [3.63, 3.8) is 0 Å². The highest BCUT2D eigenvalue weighted by atomic mass is 15.2. The number of nitrogens with two attached hydrogens (primary N) is 1. The number of hydrogen-bond donors (Lipinski definition) is 1. The van der Waals surface area contributed by atoms with E-state index in [0.29, 0.717) is 5.41 Å². The van der Waals surface area contributed by atoms with Crippen LogP contribution >= 0.6 is 0 Å². The Kier molecular flexibility index (Phi) is 2.82. The summed E-state index contributed by atoms with van der Waals surface area (Å²) in [6.45, 7) is 4.65. The zero-order chi connectivity index (χ0) is 11.8. The fourth-order valence-corrected chi connectivity index (χ4v) is 3.12. The Morgan fingerprint density at radius 2 is 2.19 bits per heavy atom. The fourth-order valence-electron chi connectivity index (χ4n) is 3.12. The van der Waals surface area contributed by atoms with Crippen molar-refractivity contribution in [3.05, 3.63) is 18.0 Å². The summed E-state index contributed by atoms with van der Waals surface area (Å²) in [6.07, 6.45) is 7.69. The molecule has 1 aromatic heterocycles. The molecule has 0 saturated heterocycles. The van der Waals surface area contributed by atoms with Crippen molar-refractivity contribution < 1.29 is 0 Å². The van der Waals surface area contributed by atoms with E-state index in [1.807, 2.05) is 17.9 Å². The monoisotopic (exact) mass is 221 g/mol. The molecule has 0 spiro atoms. The van der Waals surface area contributed by atoms with Gasteiger partial charge in [-0.15, -0.1) is 0 Å². The molecule has 1 heterocycles. The summed E-state index contributed by atoms with van der Waals surface area (Å²) in [5.41, 5.74) is 8.00. The molecular weight excluding hydrogens is 198 g/mol. The van der Waals surface area contributed by atoms with E-state index in [0.717, 1.165) is 25.0 Å². The van der Waals surface area contributed by atoms with Crippen molar-refractivity contribution in [1.29, 1.82) is 0 Å². The van der Waals surface area contributed by atoms with Crippen molar-refractivity contribution in [1.82, 2.24) is 9.78 Å². The molecule has 3 nitrogen and oxygen atoms in total. The lowest BCUT2D eigenvalue weighted by molar-refractivity contribution is 0.150. The lowest BCUT2D eigenvalue weighted by Gasteiger charge is -2.42. The molecule has 3 heteroatoms. The molecule has 1 aliphatic rings. The van der Waals surface area contributed by atoms with Crippen LogP contribution < -0.4 is 5.73 Å². The van der Waals surface area contributed by atoms with E-state index in [9.17, 15) is 0 Å². The van der Waals surface area contributed by atoms with Gasteiger partial charge in [0.25, 0.3) is 0 Å². The molecular formula is C13H23N3. The molecule has 0 bridgehead atoms. The summed E-state index contributed by atoms with van der Waals surface area (Å²) >= 11 is 0. The SMILES string of the molecule is Cn1ccc(CC2(N)CCCC(C)(C)C2)n1. The molecule has 90 valence electrons. The molecule has 0 amide bonds. The highest BCUT2D eigenvalue weighted by molar-refractivity contribution is 5.07. The van der Waals surface area contributed by atoms with E-state index in [1.165, 1.54) is 12.8 Å². The molecule has 0 aromatic carbocycles. The second kappa shape index (κ2) is 3.88. The van der Waals surface area contributed by atoms with E-state index in [2.05, 4.69) is 25.0 Å². The molecule has 1 fully saturated rings.